The molecule has 2 unspecified atom stereocenters. The molecule has 2 atom stereocenters. The zero-order valence-corrected chi connectivity index (χ0v) is 17.3. The summed E-state index contributed by atoms with van der Waals surface area (Å²) in [5, 5.41) is 5.67. The molecule has 0 bridgehead atoms. The monoisotopic (exact) mass is 402 g/mol. The van der Waals surface area contributed by atoms with Gasteiger partial charge in [0.15, 0.2) is 12.0 Å². The summed E-state index contributed by atoms with van der Waals surface area (Å²) >= 11 is 0. The van der Waals surface area contributed by atoms with E-state index in [1.807, 2.05) is 35.2 Å². The summed E-state index contributed by atoms with van der Waals surface area (Å²) in [4.78, 5) is 34.9. The molecule has 2 aliphatic heterocycles. The molecule has 0 spiro atoms. The Balaban J connectivity index is 1.71. The van der Waals surface area contributed by atoms with Gasteiger partial charge in [0.2, 0.25) is 0 Å². The Morgan fingerprint density at radius 1 is 1.17 bits per heavy atom. The highest BCUT2D eigenvalue weighted by molar-refractivity contribution is 6.04. The minimum Gasteiger partial charge on any atom is -0.492 e. The van der Waals surface area contributed by atoms with Crippen LogP contribution in [0.1, 0.15) is 13.8 Å². The van der Waals surface area contributed by atoms with Crippen molar-refractivity contribution in [3.63, 3.8) is 0 Å². The van der Waals surface area contributed by atoms with Crippen LogP contribution < -0.4 is 15.4 Å². The van der Waals surface area contributed by atoms with Crippen LogP contribution in [-0.2, 0) is 4.79 Å². The Hall–Kier alpha value is -2.81. The number of rotatable bonds is 9. The van der Waals surface area contributed by atoms with E-state index < -0.39 is 18.2 Å². The molecule has 1 aromatic rings. The molecule has 2 fully saturated rings. The summed E-state index contributed by atoms with van der Waals surface area (Å²) in [5.41, 5.74) is 0. The summed E-state index contributed by atoms with van der Waals surface area (Å²) in [6.45, 7) is 8.50. The van der Waals surface area contributed by atoms with Crippen LogP contribution in [0.4, 0.5) is 4.79 Å². The van der Waals surface area contributed by atoms with Crippen molar-refractivity contribution < 1.29 is 14.3 Å². The van der Waals surface area contributed by atoms with E-state index in [1.54, 1.807) is 7.05 Å². The van der Waals surface area contributed by atoms with E-state index in [2.05, 4.69) is 29.4 Å². The largest absolute Gasteiger partial charge is 0.492 e. The average Bonchev–Trinajstić information content (AvgIpc) is 3.09. The van der Waals surface area contributed by atoms with Gasteiger partial charge in [0, 0.05) is 13.6 Å². The second kappa shape index (κ2) is 9.60. The van der Waals surface area contributed by atoms with Crippen molar-refractivity contribution in [2.45, 2.75) is 26.1 Å². The van der Waals surface area contributed by atoms with E-state index in [4.69, 9.17) is 9.73 Å². The van der Waals surface area contributed by atoms with Crippen LogP contribution in [0, 0.1) is 0 Å². The number of guanidine groups is 1. The number of benzene rings is 1. The van der Waals surface area contributed by atoms with Gasteiger partial charge in [0.25, 0.3) is 5.91 Å². The topological polar surface area (TPSA) is 89.5 Å². The van der Waals surface area contributed by atoms with Crippen molar-refractivity contribution in [3.8, 4) is 5.75 Å². The van der Waals surface area contributed by atoms with Crippen LogP contribution in [0.15, 0.2) is 35.3 Å². The average molecular weight is 402 g/mol. The van der Waals surface area contributed by atoms with E-state index in [0.29, 0.717) is 25.7 Å². The number of fused-ring (bicyclic) bond motifs is 1. The molecule has 1 aromatic carbocycles. The van der Waals surface area contributed by atoms with E-state index in [-0.39, 0.29) is 5.91 Å². The lowest BCUT2D eigenvalue weighted by atomic mass is 10.1. The van der Waals surface area contributed by atoms with Crippen LogP contribution in [-0.4, -0.2) is 91.2 Å². The number of urea groups is 1. The molecule has 158 valence electrons. The number of amides is 3. The van der Waals surface area contributed by atoms with E-state index in [1.165, 1.54) is 4.90 Å². The number of carbonyl (C=O) groups is 2. The molecule has 3 amide bonds. The lowest BCUT2D eigenvalue weighted by molar-refractivity contribution is -0.127. The third-order valence-electron chi connectivity index (χ3n) is 5.34. The van der Waals surface area contributed by atoms with Gasteiger partial charge in [-0.3, -0.25) is 15.1 Å². The van der Waals surface area contributed by atoms with Gasteiger partial charge in [-0.05, 0) is 25.2 Å². The van der Waals surface area contributed by atoms with E-state index in [0.717, 1.165) is 25.4 Å². The Bertz CT molecular complexity index is 737. The zero-order chi connectivity index (χ0) is 20.8. The van der Waals surface area contributed by atoms with Crippen molar-refractivity contribution in [1.29, 1.82) is 0 Å². The van der Waals surface area contributed by atoms with Crippen molar-refractivity contribution in [1.82, 2.24) is 25.3 Å². The number of likely N-dealkylation sites (N-methyl/N-ethyl adjacent to an activating group) is 2. The van der Waals surface area contributed by atoms with Crippen molar-refractivity contribution in [3.05, 3.63) is 30.3 Å². The minimum absolute atomic E-state index is 0.320. The van der Waals surface area contributed by atoms with E-state index in [9.17, 15) is 9.59 Å². The molecule has 2 aliphatic rings. The molecule has 9 heteroatoms. The zero-order valence-electron chi connectivity index (χ0n) is 17.3. The van der Waals surface area contributed by atoms with Crippen LogP contribution >= 0.6 is 0 Å². The Morgan fingerprint density at radius 3 is 2.59 bits per heavy atom. The standard InChI is InChI=1S/C20H30N6O3/c1-4-25(5-2)12-11-21-19-22-17-16(18(27)23-20(28)24(17)3)26(19)13-14-29-15-9-7-6-8-10-15/h6-10,16-17H,4-5,11-14H2,1-3H3,(H,21,22)(H,23,27,28). The number of para-hydroxylation sites is 1. The molecule has 9 nitrogen and oxygen atoms in total. The second-order valence-corrected chi connectivity index (χ2v) is 7.03. The van der Waals surface area contributed by atoms with E-state index >= 15 is 0 Å². The third kappa shape index (κ3) is 4.79. The van der Waals surface area contributed by atoms with Gasteiger partial charge in [-0.25, -0.2) is 4.79 Å². The highest BCUT2D eigenvalue weighted by atomic mass is 16.5. The van der Waals surface area contributed by atoms with Crippen molar-refractivity contribution in [2.24, 2.45) is 4.99 Å². The Kier molecular flexibility index (Phi) is 6.92. The molecule has 0 radical (unpaired) electrons. The van der Waals surface area contributed by atoms with Crippen LogP contribution in [0.5, 0.6) is 5.75 Å². The predicted octanol–water partition coefficient (Wildman–Crippen LogP) is 0.545. The number of hydrogen-bond acceptors (Lipinski definition) is 5. The number of imide groups is 1. The highest BCUT2D eigenvalue weighted by Gasteiger charge is 2.49. The number of carbonyl (C=O) groups excluding carboxylic acids is 2. The lowest BCUT2D eigenvalue weighted by Crippen LogP contribution is -2.65. The molecule has 2 saturated heterocycles. The fraction of sp³-hybridized carbons (Fsp3) is 0.550. The first kappa shape index (κ1) is 20.9. The van der Waals surface area contributed by atoms with Gasteiger partial charge in [-0.15, -0.1) is 0 Å². The number of aliphatic imine (C=N–C) groups is 1. The van der Waals surface area contributed by atoms with Crippen LogP contribution in [0.25, 0.3) is 0 Å². The molecule has 0 aromatic heterocycles. The third-order valence-corrected chi connectivity index (χ3v) is 5.34. The first-order chi connectivity index (χ1) is 14.0. The number of nitrogens with one attached hydrogen (secondary N) is 2. The van der Waals surface area contributed by atoms with Crippen LogP contribution in [0.2, 0.25) is 0 Å². The molecule has 2 heterocycles. The molecule has 0 aliphatic carbocycles. The number of nitrogens with zero attached hydrogens (tertiary/aromatic N) is 4. The maximum absolute atomic E-state index is 12.6. The molecule has 3 rings (SSSR count). The van der Waals surface area contributed by atoms with Gasteiger partial charge in [0.1, 0.15) is 18.5 Å². The smallest absolute Gasteiger partial charge is 0.325 e. The molecule has 0 saturated carbocycles. The SMILES string of the molecule is CCN(CC)CCN=C1NC2C(C(=O)NC(=O)N2C)N1CCOc1ccccc1. The molecule has 2 N–H and O–H groups in total. The fourth-order valence-corrected chi connectivity index (χ4v) is 3.58. The van der Waals surface area contributed by atoms with Crippen molar-refractivity contribution in [2.75, 3.05) is 46.4 Å². The Labute approximate surface area is 171 Å². The van der Waals surface area contributed by atoms with Gasteiger partial charge < -0.3 is 24.8 Å². The molecular formula is C20H30N6O3. The maximum atomic E-state index is 12.6. The van der Waals surface area contributed by atoms with Crippen LogP contribution in [0.3, 0.4) is 0 Å². The van der Waals surface area contributed by atoms with Gasteiger partial charge in [-0.1, -0.05) is 32.0 Å². The summed E-state index contributed by atoms with van der Waals surface area (Å²) < 4.78 is 5.81. The normalized spacial score (nSPS) is 22.7. The summed E-state index contributed by atoms with van der Waals surface area (Å²) in [5.74, 6) is 1.08. The second-order valence-electron chi connectivity index (χ2n) is 7.03. The highest BCUT2D eigenvalue weighted by Crippen LogP contribution is 2.20. The fourth-order valence-electron chi connectivity index (χ4n) is 3.58. The summed E-state index contributed by atoms with van der Waals surface area (Å²) in [6, 6.07) is 8.60. The maximum Gasteiger partial charge on any atom is 0.325 e. The summed E-state index contributed by atoms with van der Waals surface area (Å²) in [7, 11) is 1.67. The predicted molar refractivity (Wildman–Crippen MR) is 111 cm³/mol. The number of ether oxygens (including phenoxy) is 1. The molecular weight excluding hydrogens is 372 g/mol. The Morgan fingerprint density at radius 2 is 1.90 bits per heavy atom. The molecule has 29 heavy (non-hydrogen) atoms. The van der Waals surface area contributed by atoms with Crippen molar-refractivity contribution >= 4 is 17.9 Å². The first-order valence-corrected chi connectivity index (χ1v) is 10.1. The van der Waals surface area contributed by atoms with Gasteiger partial charge >= 0.3 is 6.03 Å². The first-order valence-electron chi connectivity index (χ1n) is 10.1. The summed E-state index contributed by atoms with van der Waals surface area (Å²) in [6.07, 6.45) is -0.444. The minimum atomic E-state index is -0.538. The van der Waals surface area contributed by atoms with Gasteiger partial charge in [-0.2, -0.15) is 0 Å². The lowest BCUT2D eigenvalue weighted by Gasteiger charge is -2.35. The number of hydrogen-bond donors (Lipinski definition) is 2. The quantitative estimate of drug-likeness (QED) is 0.627. The van der Waals surface area contributed by atoms with Gasteiger partial charge in [0.05, 0.1) is 13.1 Å².